The number of furan rings is 1. The zero-order valence-corrected chi connectivity index (χ0v) is 12.5. The molecule has 0 radical (unpaired) electrons. The Hall–Kier alpha value is -0.890. The minimum atomic E-state index is -3.54. The second kappa shape index (κ2) is 5.14. The zero-order valence-electron chi connectivity index (χ0n) is 11.7. The molecule has 0 bridgehead atoms. The van der Waals surface area contributed by atoms with E-state index in [-0.39, 0.29) is 0 Å². The van der Waals surface area contributed by atoms with E-state index in [1.807, 2.05) is 6.07 Å². The van der Waals surface area contributed by atoms with Crippen LogP contribution in [0.25, 0.3) is 0 Å². The fourth-order valence-corrected chi connectivity index (χ4v) is 3.43. The quantitative estimate of drug-likeness (QED) is 0.888. The molecule has 0 amide bonds. The molecule has 112 valence electrons. The summed E-state index contributed by atoms with van der Waals surface area (Å²) < 4.78 is 29.7. The van der Waals surface area contributed by atoms with Gasteiger partial charge in [-0.3, -0.25) is 4.90 Å². The number of rotatable bonds is 4. The van der Waals surface area contributed by atoms with Crippen molar-refractivity contribution >= 4 is 10.2 Å². The first-order valence-corrected chi connectivity index (χ1v) is 8.52. The molecular formula is C13H21N3O3S. The summed E-state index contributed by atoms with van der Waals surface area (Å²) in [5.74, 6) is 3.40. The lowest BCUT2D eigenvalue weighted by Crippen LogP contribution is -2.50. The summed E-state index contributed by atoms with van der Waals surface area (Å²) >= 11 is 0. The minimum absolute atomic E-state index is 0.450. The van der Waals surface area contributed by atoms with Crippen LogP contribution >= 0.6 is 0 Å². The second-order valence-corrected chi connectivity index (χ2v) is 7.39. The van der Waals surface area contributed by atoms with Gasteiger partial charge in [-0.25, -0.2) is 5.14 Å². The highest BCUT2D eigenvalue weighted by molar-refractivity contribution is 7.86. The number of hydrogen-bond donors (Lipinski definition) is 1. The van der Waals surface area contributed by atoms with Crippen LogP contribution < -0.4 is 5.14 Å². The Bertz CT molecular complexity index is 575. The molecule has 1 aromatic rings. The Kier molecular flexibility index (Phi) is 3.62. The van der Waals surface area contributed by atoms with Crippen LogP contribution in [0, 0.1) is 5.92 Å². The summed E-state index contributed by atoms with van der Waals surface area (Å²) in [7, 11) is -3.54. The summed E-state index contributed by atoms with van der Waals surface area (Å²) in [4.78, 5) is 2.20. The molecule has 1 aromatic heterocycles. The van der Waals surface area contributed by atoms with Gasteiger partial charge in [0.05, 0.1) is 6.54 Å². The Balaban J connectivity index is 1.53. The lowest BCUT2D eigenvalue weighted by atomic mass is 10.3. The maximum atomic E-state index is 11.2. The monoisotopic (exact) mass is 299 g/mol. The van der Waals surface area contributed by atoms with Gasteiger partial charge in [0.1, 0.15) is 11.5 Å². The van der Waals surface area contributed by atoms with Gasteiger partial charge < -0.3 is 4.42 Å². The average Bonchev–Trinajstić information content (AvgIpc) is 2.94. The first kappa shape index (κ1) is 14.1. The van der Waals surface area contributed by atoms with E-state index in [1.165, 1.54) is 10.7 Å². The molecule has 2 atom stereocenters. The number of piperazine rings is 1. The van der Waals surface area contributed by atoms with Gasteiger partial charge in [-0.15, -0.1) is 0 Å². The SMILES string of the molecule is CC1CC1c1ccc(CN2CCN(S(N)(=O)=O)CC2)o1. The highest BCUT2D eigenvalue weighted by Crippen LogP contribution is 2.47. The Morgan fingerprint density at radius 2 is 1.95 bits per heavy atom. The first-order valence-electron chi connectivity index (χ1n) is 7.02. The lowest BCUT2D eigenvalue weighted by molar-refractivity contribution is 0.170. The van der Waals surface area contributed by atoms with Crippen LogP contribution in [0.2, 0.25) is 0 Å². The fraction of sp³-hybridized carbons (Fsp3) is 0.692. The fourth-order valence-electron chi connectivity index (χ4n) is 2.76. The van der Waals surface area contributed by atoms with Crippen molar-refractivity contribution in [1.82, 2.24) is 9.21 Å². The molecule has 7 heteroatoms. The van der Waals surface area contributed by atoms with E-state index >= 15 is 0 Å². The number of hydrogen-bond acceptors (Lipinski definition) is 4. The standard InChI is InChI=1S/C13H21N3O3S/c1-10-8-12(10)13-3-2-11(19-13)9-15-4-6-16(7-5-15)20(14,17)18/h2-3,10,12H,4-9H2,1H3,(H2,14,17,18). The maximum Gasteiger partial charge on any atom is 0.276 e. The highest BCUT2D eigenvalue weighted by Gasteiger charge is 2.36. The molecular weight excluding hydrogens is 278 g/mol. The van der Waals surface area contributed by atoms with Gasteiger partial charge >= 0.3 is 0 Å². The third-order valence-electron chi connectivity index (χ3n) is 4.23. The molecule has 3 rings (SSSR count). The number of nitrogens with two attached hydrogens (primary N) is 1. The Morgan fingerprint density at radius 3 is 2.50 bits per heavy atom. The Morgan fingerprint density at radius 1 is 1.30 bits per heavy atom. The predicted molar refractivity (Wildman–Crippen MR) is 75.2 cm³/mol. The molecule has 6 nitrogen and oxygen atoms in total. The molecule has 2 heterocycles. The smallest absolute Gasteiger partial charge is 0.276 e. The molecule has 2 aliphatic rings. The van der Waals surface area contributed by atoms with Crippen LogP contribution in [0.4, 0.5) is 0 Å². The summed E-state index contributed by atoms with van der Waals surface area (Å²) in [6.45, 7) is 5.25. The molecule has 1 aliphatic carbocycles. The zero-order chi connectivity index (χ0) is 14.3. The van der Waals surface area contributed by atoms with E-state index in [1.54, 1.807) is 0 Å². The van der Waals surface area contributed by atoms with E-state index < -0.39 is 10.2 Å². The molecule has 0 spiro atoms. The van der Waals surface area contributed by atoms with Crippen molar-refractivity contribution in [1.29, 1.82) is 0 Å². The highest BCUT2D eigenvalue weighted by atomic mass is 32.2. The van der Waals surface area contributed by atoms with E-state index in [9.17, 15) is 8.42 Å². The van der Waals surface area contributed by atoms with Crippen molar-refractivity contribution < 1.29 is 12.8 Å². The van der Waals surface area contributed by atoms with Crippen LogP contribution in [0.15, 0.2) is 16.5 Å². The van der Waals surface area contributed by atoms with Gasteiger partial charge in [-0.2, -0.15) is 12.7 Å². The molecule has 2 N–H and O–H groups in total. The van der Waals surface area contributed by atoms with Gasteiger partial charge in [0.15, 0.2) is 0 Å². The molecule has 0 aromatic carbocycles. The largest absolute Gasteiger partial charge is 0.464 e. The van der Waals surface area contributed by atoms with Crippen LogP contribution in [0.1, 0.15) is 30.8 Å². The van der Waals surface area contributed by atoms with Gasteiger partial charge in [0.25, 0.3) is 10.2 Å². The van der Waals surface area contributed by atoms with Crippen LogP contribution in [0.3, 0.4) is 0 Å². The van der Waals surface area contributed by atoms with Crippen LogP contribution in [-0.4, -0.2) is 43.8 Å². The summed E-state index contributed by atoms with van der Waals surface area (Å²) in [5.41, 5.74) is 0. The molecule has 1 aliphatic heterocycles. The predicted octanol–water partition coefficient (Wildman–Crippen LogP) is 0.724. The summed E-state index contributed by atoms with van der Waals surface area (Å²) in [6.07, 6.45) is 1.22. The minimum Gasteiger partial charge on any atom is -0.464 e. The van der Waals surface area contributed by atoms with Crippen molar-refractivity contribution in [3.8, 4) is 0 Å². The topological polar surface area (TPSA) is 79.8 Å². The third kappa shape index (κ3) is 3.06. The lowest BCUT2D eigenvalue weighted by Gasteiger charge is -2.32. The van der Waals surface area contributed by atoms with Crippen molar-refractivity contribution in [2.75, 3.05) is 26.2 Å². The maximum absolute atomic E-state index is 11.2. The molecule has 1 saturated heterocycles. The normalized spacial score (nSPS) is 28.7. The molecule has 2 unspecified atom stereocenters. The molecule has 1 saturated carbocycles. The molecule has 2 fully saturated rings. The van der Waals surface area contributed by atoms with Crippen molar-refractivity contribution in [2.24, 2.45) is 11.1 Å². The van der Waals surface area contributed by atoms with E-state index in [0.717, 1.165) is 24.0 Å². The van der Waals surface area contributed by atoms with Crippen molar-refractivity contribution in [2.45, 2.75) is 25.8 Å². The Labute approximate surface area is 119 Å². The summed E-state index contributed by atoms with van der Waals surface area (Å²) in [6, 6.07) is 4.11. The van der Waals surface area contributed by atoms with Crippen LogP contribution in [-0.2, 0) is 16.8 Å². The van der Waals surface area contributed by atoms with E-state index in [0.29, 0.717) is 32.1 Å². The third-order valence-corrected chi connectivity index (χ3v) is 5.31. The van der Waals surface area contributed by atoms with Crippen LogP contribution in [0.5, 0.6) is 0 Å². The van der Waals surface area contributed by atoms with Gasteiger partial charge in [-0.1, -0.05) is 6.92 Å². The second-order valence-electron chi connectivity index (χ2n) is 5.84. The van der Waals surface area contributed by atoms with Crippen molar-refractivity contribution in [3.63, 3.8) is 0 Å². The van der Waals surface area contributed by atoms with E-state index in [4.69, 9.17) is 9.56 Å². The van der Waals surface area contributed by atoms with Gasteiger partial charge in [0.2, 0.25) is 0 Å². The van der Waals surface area contributed by atoms with Crippen molar-refractivity contribution in [3.05, 3.63) is 23.7 Å². The van der Waals surface area contributed by atoms with Gasteiger partial charge in [0, 0.05) is 32.1 Å². The average molecular weight is 299 g/mol. The molecule has 20 heavy (non-hydrogen) atoms. The van der Waals surface area contributed by atoms with E-state index in [2.05, 4.69) is 17.9 Å². The number of nitrogens with zero attached hydrogens (tertiary/aromatic N) is 2. The summed E-state index contributed by atoms with van der Waals surface area (Å²) in [5, 5.41) is 5.13. The first-order chi connectivity index (χ1) is 9.43. The van der Waals surface area contributed by atoms with Gasteiger partial charge in [-0.05, 0) is 24.5 Å².